The molecule has 2 amide bonds. The molecule has 2 unspecified atom stereocenters. The van der Waals surface area contributed by atoms with Gasteiger partial charge in [-0.15, -0.1) is 11.8 Å². The third-order valence-electron chi connectivity index (χ3n) is 3.91. The van der Waals surface area contributed by atoms with Gasteiger partial charge in [0.15, 0.2) is 7.28 Å². The third kappa shape index (κ3) is 3.27. The molecule has 0 aromatic heterocycles. The van der Waals surface area contributed by atoms with Crippen molar-refractivity contribution in [2.45, 2.75) is 64.4 Å². The average molecular weight is 296 g/mol. The van der Waals surface area contributed by atoms with Crippen LogP contribution in [-0.2, 0) is 14.4 Å². The summed E-state index contributed by atoms with van der Waals surface area (Å²) < 4.78 is 0. The van der Waals surface area contributed by atoms with Crippen molar-refractivity contribution in [1.82, 2.24) is 4.90 Å². The van der Waals surface area contributed by atoms with Crippen molar-refractivity contribution in [2.24, 2.45) is 5.41 Å². The third-order valence-corrected chi connectivity index (χ3v) is 5.15. The van der Waals surface area contributed by atoms with Crippen molar-refractivity contribution in [3.63, 3.8) is 0 Å². The van der Waals surface area contributed by atoms with Gasteiger partial charge in [0, 0.05) is 17.9 Å². The normalized spacial score (nSPS) is 21.6. The second-order valence-corrected chi connectivity index (χ2v) is 7.81. The summed E-state index contributed by atoms with van der Waals surface area (Å²) in [5, 5.41) is -0.00733. The zero-order valence-electron chi connectivity index (χ0n) is 13.1. The molecule has 1 radical (unpaired) electrons. The Balaban J connectivity index is 2.93. The molecule has 1 fully saturated rings. The molecular weight excluding hydrogens is 273 g/mol. The van der Waals surface area contributed by atoms with E-state index >= 15 is 0 Å². The van der Waals surface area contributed by atoms with Crippen LogP contribution in [0, 0.1) is 5.41 Å². The van der Waals surface area contributed by atoms with E-state index in [-0.39, 0.29) is 29.2 Å². The lowest BCUT2D eigenvalue weighted by Crippen LogP contribution is -2.51. The molecule has 1 heterocycles. The first kappa shape index (κ1) is 17.3. The van der Waals surface area contributed by atoms with Crippen LogP contribution in [-0.4, -0.2) is 46.2 Å². The Kier molecular flexibility index (Phi) is 5.47. The van der Waals surface area contributed by atoms with E-state index in [9.17, 15) is 14.4 Å². The Labute approximate surface area is 126 Å². The molecule has 2 atom stereocenters. The number of imide groups is 1. The highest BCUT2D eigenvalue weighted by molar-refractivity contribution is 8.01. The largest absolute Gasteiger partial charge is 0.311 e. The number of amides is 2. The summed E-state index contributed by atoms with van der Waals surface area (Å²) in [4.78, 5) is 37.8. The maximum Gasteiger partial charge on any atom is 0.243 e. The summed E-state index contributed by atoms with van der Waals surface area (Å²) in [7, 11) is 1.50. The van der Waals surface area contributed by atoms with Crippen molar-refractivity contribution < 1.29 is 14.4 Å². The minimum Gasteiger partial charge on any atom is -0.311 e. The fourth-order valence-corrected chi connectivity index (χ4v) is 3.49. The highest BCUT2D eigenvalue weighted by Crippen LogP contribution is 2.34. The van der Waals surface area contributed by atoms with Crippen molar-refractivity contribution in [1.29, 1.82) is 0 Å². The quantitative estimate of drug-likeness (QED) is 0.555. The number of rotatable bonds is 6. The molecule has 20 heavy (non-hydrogen) atoms. The number of hydrogen-bond acceptors (Lipinski definition) is 4. The minimum atomic E-state index is -0.753. The number of likely N-dealkylation sites (tertiary alicyclic amines) is 1. The van der Waals surface area contributed by atoms with E-state index in [1.165, 1.54) is 23.9 Å². The van der Waals surface area contributed by atoms with Gasteiger partial charge in [-0.05, 0) is 12.2 Å². The molecule has 1 aliphatic heterocycles. The molecule has 1 rings (SSSR count). The zero-order valence-corrected chi connectivity index (χ0v) is 13.9. The van der Waals surface area contributed by atoms with Crippen molar-refractivity contribution in [3.8, 4) is 0 Å². The Morgan fingerprint density at radius 2 is 1.90 bits per heavy atom. The van der Waals surface area contributed by atoms with Gasteiger partial charge in [-0.2, -0.15) is 0 Å². The maximum absolute atomic E-state index is 12.4. The molecule has 4 nitrogen and oxygen atoms in total. The van der Waals surface area contributed by atoms with E-state index in [1.54, 1.807) is 27.6 Å². The van der Waals surface area contributed by atoms with Gasteiger partial charge >= 0.3 is 0 Å². The highest BCUT2D eigenvalue weighted by Gasteiger charge is 2.47. The van der Waals surface area contributed by atoms with Crippen molar-refractivity contribution >= 4 is 36.5 Å². The first-order chi connectivity index (χ1) is 9.12. The highest BCUT2D eigenvalue weighted by atomic mass is 32.2. The lowest BCUT2D eigenvalue weighted by molar-refractivity contribution is -0.144. The van der Waals surface area contributed by atoms with Gasteiger partial charge in [-0.1, -0.05) is 34.5 Å². The van der Waals surface area contributed by atoms with Gasteiger partial charge < -0.3 is 4.79 Å². The van der Waals surface area contributed by atoms with Crippen LogP contribution in [0.2, 0.25) is 6.82 Å². The molecule has 1 saturated heterocycles. The van der Waals surface area contributed by atoms with Crippen LogP contribution in [0.25, 0.3) is 0 Å². The maximum atomic E-state index is 12.4. The standard InChI is InChI=1S/C14H23BNO3S/c1-8(2)20-10-7-11(17)16(12(10)18)9(3)14(4,5)13(19)15-6/h8-10H,7H2,1-6H3. The SMILES string of the molecule is C[B]C(=O)C(C)(C)C(C)N1C(=O)CC(SC(C)C)C1=O. The molecule has 0 spiro atoms. The van der Waals surface area contributed by atoms with Crippen LogP contribution in [0.5, 0.6) is 0 Å². The molecule has 0 aromatic rings. The summed E-state index contributed by atoms with van der Waals surface area (Å²) in [5.41, 5.74) is -0.803. The summed E-state index contributed by atoms with van der Waals surface area (Å²) in [6.07, 6.45) is 0.242. The monoisotopic (exact) mass is 296 g/mol. The van der Waals surface area contributed by atoms with E-state index in [4.69, 9.17) is 0 Å². The van der Waals surface area contributed by atoms with Crippen LogP contribution >= 0.6 is 11.8 Å². The molecule has 0 saturated carbocycles. The Morgan fingerprint density at radius 1 is 1.35 bits per heavy atom. The fourth-order valence-electron chi connectivity index (χ4n) is 2.36. The van der Waals surface area contributed by atoms with Gasteiger partial charge in [0.05, 0.1) is 10.9 Å². The van der Waals surface area contributed by atoms with Crippen molar-refractivity contribution in [3.05, 3.63) is 0 Å². The van der Waals surface area contributed by atoms with E-state index in [2.05, 4.69) is 0 Å². The summed E-state index contributed by atoms with van der Waals surface area (Å²) in [6.45, 7) is 11.0. The molecule has 0 aliphatic carbocycles. The zero-order chi connectivity index (χ0) is 15.7. The van der Waals surface area contributed by atoms with E-state index in [1.807, 2.05) is 13.8 Å². The van der Waals surface area contributed by atoms with Crippen molar-refractivity contribution in [2.75, 3.05) is 0 Å². The molecule has 111 valence electrons. The van der Waals surface area contributed by atoms with E-state index < -0.39 is 11.5 Å². The van der Waals surface area contributed by atoms with Gasteiger partial charge in [0.2, 0.25) is 11.8 Å². The Morgan fingerprint density at radius 3 is 2.35 bits per heavy atom. The molecule has 0 aromatic carbocycles. The number of carbonyl (C=O) groups is 3. The minimum absolute atomic E-state index is 0.0504. The molecule has 0 N–H and O–H groups in total. The first-order valence-corrected chi connectivity index (χ1v) is 7.92. The van der Waals surface area contributed by atoms with Crippen LogP contribution in [0.3, 0.4) is 0 Å². The lowest BCUT2D eigenvalue weighted by Gasteiger charge is -2.36. The Hall–Kier alpha value is -0.775. The second kappa shape index (κ2) is 6.33. The lowest BCUT2D eigenvalue weighted by atomic mass is 9.62. The van der Waals surface area contributed by atoms with Crippen LogP contribution in [0.15, 0.2) is 0 Å². The molecule has 6 heteroatoms. The van der Waals surface area contributed by atoms with Crippen LogP contribution in [0.1, 0.15) is 41.0 Å². The second-order valence-electron chi connectivity index (χ2n) is 6.03. The molecule has 1 aliphatic rings. The number of carbonyl (C=O) groups excluding carboxylic acids is 3. The van der Waals surface area contributed by atoms with Crippen LogP contribution < -0.4 is 0 Å². The predicted molar refractivity (Wildman–Crippen MR) is 82.9 cm³/mol. The predicted octanol–water partition coefficient (Wildman–Crippen LogP) is 1.95. The summed E-state index contributed by atoms with van der Waals surface area (Å²) in [6, 6.07) is -0.427. The van der Waals surface area contributed by atoms with Crippen LogP contribution in [0.4, 0.5) is 0 Å². The van der Waals surface area contributed by atoms with E-state index in [0.717, 1.165) is 0 Å². The summed E-state index contributed by atoms with van der Waals surface area (Å²) >= 11 is 1.52. The first-order valence-electron chi connectivity index (χ1n) is 6.98. The summed E-state index contributed by atoms with van der Waals surface area (Å²) in [5.74, 6) is -0.323. The number of hydrogen-bond donors (Lipinski definition) is 0. The fraction of sp³-hybridized carbons (Fsp3) is 0.786. The molecule has 0 bridgehead atoms. The smallest absolute Gasteiger partial charge is 0.243 e. The average Bonchev–Trinajstić information content (AvgIpc) is 2.61. The Bertz CT molecular complexity index is 423. The molecular formula is C14H23BNO3S. The van der Waals surface area contributed by atoms with Gasteiger partial charge in [-0.25, -0.2) is 0 Å². The van der Waals surface area contributed by atoms with Gasteiger partial charge in [0.25, 0.3) is 0 Å². The van der Waals surface area contributed by atoms with Gasteiger partial charge in [-0.3, -0.25) is 14.5 Å². The number of thioether (sulfide) groups is 1. The number of nitrogens with zero attached hydrogens (tertiary/aromatic N) is 1. The van der Waals surface area contributed by atoms with E-state index in [0.29, 0.717) is 5.25 Å². The topological polar surface area (TPSA) is 54.5 Å². The van der Waals surface area contributed by atoms with Gasteiger partial charge in [0.1, 0.15) is 0 Å².